The van der Waals surface area contributed by atoms with Crippen LogP contribution in [0.2, 0.25) is 5.02 Å². The van der Waals surface area contributed by atoms with Gasteiger partial charge in [-0.05, 0) is 30.7 Å². The maximum Gasteiger partial charge on any atom is 0.168 e. The van der Waals surface area contributed by atoms with E-state index in [0.717, 1.165) is 22.3 Å². The lowest BCUT2D eigenvalue weighted by molar-refractivity contribution is 0.0990. The van der Waals surface area contributed by atoms with Crippen molar-refractivity contribution in [3.05, 3.63) is 50.7 Å². The molecule has 0 aliphatic rings. The third-order valence-corrected chi connectivity index (χ3v) is 3.59. The quantitative estimate of drug-likeness (QED) is 0.792. The second-order valence-corrected chi connectivity index (χ2v) is 5.71. The zero-order valence-electron chi connectivity index (χ0n) is 10.8. The van der Waals surface area contributed by atoms with Crippen LogP contribution in [0, 0.1) is 0 Å². The van der Waals surface area contributed by atoms with Gasteiger partial charge in [0.05, 0.1) is 12.1 Å². The Balaban J connectivity index is 2.22. The summed E-state index contributed by atoms with van der Waals surface area (Å²) in [6.45, 7) is 2.04. The van der Waals surface area contributed by atoms with Gasteiger partial charge in [0.1, 0.15) is 0 Å². The van der Waals surface area contributed by atoms with Gasteiger partial charge in [-0.15, -0.1) is 0 Å². The third kappa shape index (κ3) is 3.45. The fourth-order valence-corrected chi connectivity index (χ4v) is 2.75. The summed E-state index contributed by atoms with van der Waals surface area (Å²) in [7, 11) is 1.86. The summed E-state index contributed by atoms with van der Waals surface area (Å²) in [6.07, 6.45) is 1.20. The largest absolute Gasteiger partial charge is 0.294 e. The predicted molar refractivity (Wildman–Crippen MR) is 79.8 cm³/mol. The highest BCUT2D eigenvalue weighted by molar-refractivity contribution is 9.10. The minimum absolute atomic E-state index is 0.0360. The molecule has 1 aromatic heterocycles. The number of halogens is 2. The van der Waals surface area contributed by atoms with Crippen LogP contribution in [-0.4, -0.2) is 15.6 Å². The molecule has 0 aliphatic heterocycles. The molecular formula is C14H14BrClN2O. The number of nitrogens with zero attached hydrogens (tertiary/aromatic N) is 2. The number of hydrogen-bond donors (Lipinski definition) is 0. The lowest BCUT2D eigenvalue weighted by Crippen LogP contribution is -2.08. The highest BCUT2D eigenvalue weighted by atomic mass is 79.9. The van der Waals surface area contributed by atoms with E-state index < -0.39 is 0 Å². The van der Waals surface area contributed by atoms with Gasteiger partial charge < -0.3 is 0 Å². The average Bonchev–Trinajstić information content (AvgIpc) is 2.69. The van der Waals surface area contributed by atoms with Crippen molar-refractivity contribution in [1.29, 1.82) is 0 Å². The van der Waals surface area contributed by atoms with Crippen LogP contribution < -0.4 is 0 Å². The molecule has 0 spiro atoms. The molecule has 0 atom stereocenters. The monoisotopic (exact) mass is 340 g/mol. The summed E-state index contributed by atoms with van der Waals surface area (Å²) >= 11 is 9.30. The van der Waals surface area contributed by atoms with Gasteiger partial charge in [-0.1, -0.05) is 34.5 Å². The van der Waals surface area contributed by atoms with Crippen LogP contribution in [-0.2, 0) is 19.9 Å². The summed E-state index contributed by atoms with van der Waals surface area (Å²) in [4.78, 5) is 12.2. The van der Waals surface area contributed by atoms with Crippen LogP contribution >= 0.6 is 27.5 Å². The first kappa shape index (κ1) is 14.3. The molecule has 0 fully saturated rings. The molecule has 0 amide bonds. The van der Waals surface area contributed by atoms with Gasteiger partial charge in [-0.25, -0.2) is 0 Å². The minimum atomic E-state index is 0.0360. The van der Waals surface area contributed by atoms with Crippen molar-refractivity contribution in [2.45, 2.75) is 19.8 Å². The van der Waals surface area contributed by atoms with E-state index in [9.17, 15) is 4.79 Å². The maximum atomic E-state index is 12.2. The summed E-state index contributed by atoms with van der Waals surface area (Å²) in [5.74, 6) is 0.0360. The molecule has 2 aromatic rings. The number of carbonyl (C=O) groups is 1. The van der Waals surface area contributed by atoms with E-state index in [-0.39, 0.29) is 5.78 Å². The van der Waals surface area contributed by atoms with Crippen LogP contribution in [0.15, 0.2) is 28.7 Å². The molecule has 1 heterocycles. The van der Waals surface area contributed by atoms with Gasteiger partial charge in [-0.2, -0.15) is 5.10 Å². The number of aryl methyl sites for hydroxylation is 2. The van der Waals surface area contributed by atoms with E-state index in [0.29, 0.717) is 17.0 Å². The molecule has 100 valence electrons. The van der Waals surface area contributed by atoms with Gasteiger partial charge in [0.25, 0.3) is 0 Å². The molecule has 0 saturated carbocycles. The molecule has 0 radical (unpaired) electrons. The first-order valence-corrected chi connectivity index (χ1v) is 7.17. The third-order valence-electron chi connectivity index (χ3n) is 2.92. The summed E-state index contributed by atoms with van der Waals surface area (Å²) < 4.78 is 2.57. The molecule has 0 bridgehead atoms. The van der Waals surface area contributed by atoms with E-state index in [4.69, 9.17) is 11.6 Å². The predicted octanol–water partition coefficient (Wildman–Crippen LogP) is 3.82. The topological polar surface area (TPSA) is 34.9 Å². The number of ketones is 1. The van der Waals surface area contributed by atoms with E-state index in [1.807, 2.05) is 20.0 Å². The van der Waals surface area contributed by atoms with Crippen LogP contribution in [0.1, 0.15) is 28.7 Å². The smallest absolute Gasteiger partial charge is 0.168 e. The summed E-state index contributed by atoms with van der Waals surface area (Å²) in [5.41, 5.74) is 2.52. The van der Waals surface area contributed by atoms with E-state index >= 15 is 0 Å². The highest BCUT2D eigenvalue weighted by Crippen LogP contribution is 2.21. The molecule has 0 saturated heterocycles. The van der Waals surface area contributed by atoms with Crippen molar-refractivity contribution >= 4 is 33.3 Å². The molecule has 0 aliphatic carbocycles. The highest BCUT2D eigenvalue weighted by Gasteiger charge is 2.12. The van der Waals surface area contributed by atoms with Crippen molar-refractivity contribution in [2.24, 2.45) is 7.05 Å². The van der Waals surface area contributed by atoms with E-state index in [1.165, 1.54) is 0 Å². The second-order valence-electron chi connectivity index (χ2n) is 4.36. The maximum absolute atomic E-state index is 12.2. The zero-order chi connectivity index (χ0) is 14.0. The van der Waals surface area contributed by atoms with E-state index in [1.54, 1.807) is 22.9 Å². The number of aromatic nitrogens is 2. The first-order valence-electron chi connectivity index (χ1n) is 6.00. The number of rotatable bonds is 4. The Morgan fingerprint density at radius 1 is 1.37 bits per heavy atom. The van der Waals surface area contributed by atoms with Crippen molar-refractivity contribution in [1.82, 2.24) is 9.78 Å². The lowest BCUT2D eigenvalue weighted by atomic mass is 10.1. The molecule has 5 heteroatoms. The van der Waals surface area contributed by atoms with Gasteiger partial charge >= 0.3 is 0 Å². The molecule has 19 heavy (non-hydrogen) atoms. The average molecular weight is 342 g/mol. The molecule has 3 nitrogen and oxygen atoms in total. The van der Waals surface area contributed by atoms with Gasteiger partial charge in [0.15, 0.2) is 5.78 Å². The standard InChI is InChI=1S/C14H14BrClN2O/c1-3-12-7-13(18(2)17-12)8-14(19)9-4-10(15)6-11(16)5-9/h4-7H,3,8H2,1-2H3. The molecule has 0 unspecified atom stereocenters. The Labute approximate surface area is 125 Å². The Morgan fingerprint density at radius 3 is 2.68 bits per heavy atom. The Morgan fingerprint density at radius 2 is 2.11 bits per heavy atom. The Kier molecular flexibility index (Phi) is 4.42. The van der Waals surface area contributed by atoms with Crippen LogP contribution in [0.5, 0.6) is 0 Å². The first-order chi connectivity index (χ1) is 8.99. The normalized spacial score (nSPS) is 10.7. The van der Waals surface area contributed by atoms with Gasteiger partial charge in [-0.3, -0.25) is 9.48 Å². The van der Waals surface area contributed by atoms with Crippen molar-refractivity contribution in [2.75, 3.05) is 0 Å². The molecular weight excluding hydrogens is 328 g/mol. The number of hydrogen-bond acceptors (Lipinski definition) is 2. The van der Waals surface area contributed by atoms with Crippen molar-refractivity contribution in [3.63, 3.8) is 0 Å². The molecule has 1 aromatic carbocycles. The SMILES string of the molecule is CCc1cc(CC(=O)c2cc(Cl)cc(Br)c2)n(C)n1. The number of benzene rings is 1. The summed E-state index contributed by atoms with van der Waals surface area (Å²) in [6, 6.07) is 7.20. The molecule has 0 N–H and O–H groups in total. The molecule has 2 rings (SSSR count). The van der Waals surface area contributed by atoms with Gasteiger partial charge in [0, 0.05) is 27.8 Å². The van der Waals surface area contributed by atoms with Crippen LogP contribution in [0.3, 0.4) is 0 Å². The van der Waals surface area contributed by atoms with Crippen molar-refractivity contribution in [3.8, 4) is 0 Å². The van der Waals surface area contributed by atoms with Crippen molar-refractivity contribution < 1.29 is 4.79 Å². The van der Waals surface area contributed by atoms with Crippen LogP contribution in [0.25, 0.3) is 0 Å². The fourth-order valence-electron chi connectivity index (χ4n) is 1.89. The number of carbonyl (C=O) groups excluding carboxylic acids is 1. The Hall–Kier alpha value is -1.13. The second kappa shape index (κ2) is 5.88. The number of Topliss-reactive ketones (excluding diaryl/α,β-unsaturated/α-hetero) is 1. The summed E-state index contributed by atoms with van der Waals surface area (Å²) in [5, 5.41) is 4.89. The Bertz CT molecular complexity index is 602. The zero-order valence-corrected chi connectivity index (χ0v) is 13.1. The minimum Gasteiger partial charge on any atom is -0.294 e. The van der Waals surface area contributed by atoms with Crippen LogP contribution in [0.4, 0.5) is 0 Å². The fraction of sp³-hybridized carbons (Fsp3) is 0.286. The van der Waals surface area contributed by atoms with E-state index in [2.05, 4.69) is 21.0 Å². The lowest BCUT2D eigenvalue weighted by Gasteiger charge is -2.03. The van der Waals surface area contributed by atoms with Gasteiger partial charge in [0.2, 0.25) is 0 Å².